The highest BCUT2D eigenvalue weighted by Crippen LogP contribution is 2.33. The van der Waals surface area contributed by atoms with Gasteiger partial charge in [-0.1, -0.05) is 34.8 Å². The van der Waals surface area contributed by atoms with Gasteiger partial charge in [0, 0.05) is 26.0 Å². The van der Waals surface area contributed by atoms with Crippen LogP contribution in [0.2, 0.25) is 15.1 Å². The van der Waals surface area contributed by atoms with E-state index in [-0.39, 0.29) is 11.8 Å². The topological polar surface area (TPSA) is 29.1 Å². The minimum Gasteiger partial charge on any atom is -0.332 e. The fourth-order valence-electron chi connectivity index (χ4n) is 2.51. The van der Waals surface area contributed by atoms with E-state index in [9.17, 15) is 4.79 Å². The van der Waals surface area contributed by atoms with Crippen molar-refractivity contribution in [3.8, 4) is 0 Å². The van der Waals surface area contributed by atoms with Gasteiger partial charge in [-0.15, -0.1) is 11.3 Å². The Kier molecular flexibility index (Phi) is 5.70. The first-order valence-electron chi connectivity index (χ1n) is 7.54. The lowest BCUT2D eigenvalue weighted by molar-refractivity contribution is -0.121. The van der Waals surface area contributed by atoms with Gasteiger partial charge in [0.05, 0.1) is 5.92 Å². The van der Waals surface area contributed by atoms with Crippen LogP contribution < -0.4 is 5.32 Å². The van der Waals surface area contributed by atoms with E-state index in [0.29, 0.717) is 15.1 Å². The molecule has 0 fully saturated rings. The predicted molar refractivity (Wildman–Crippen MR) is 109 cm³/mol. The zero-order chi connectivity index (χ0) is 18.0. The molecule has 1 aromatic heterocycles. The van der Waals surface area contributed by atoms with Crippen LogP contribution in [0.1, 0.15) is 24.0 Å². The summed E-state index contributed by atoms with van der Waals surface area (Å²) in [4.78, 5) is 12.5. The Balaban J connectivity index is 1.74. The molecule has 3 rings (SSSR count). The Bertz CT molecular complexity index is 944. The van der Waals surface area contributed by atoms with Gasteiger partial charge < -0.3 is 5.32 Å². The molecule has 0 saturated heterocycles. The minimum atomic E-state index is -0.292. The van der Waals surface area contributed by atoms with E-state index in [2.05, 4.69) is 5.32 Å². The predicted octanol–water partition coefficient (Wildman–Crippen LogP) is 6.75. The highest BCUT2D eigenvalue weighted by molar-refractivity contribution is 7.17. The van der Waals surface area contributed by atoms with Crippen molar-refractivity contribution in [1.82, 2.24) is 5.32 Å². The van der Waals surface area contributed by atoms with E-state index in [1.54, 1.807) is 41.8 Å². The minimum absolute atomic E-state index is 0.0935. The normalized spacial score (nSPS) is 12.6. The van der Waals surface area contributed by atoms with Gasteiger partial charge in [0.15, 0.2) is 0 Å². The molecule has 0 radical (unpaired) electrons. The maximum atomic E-state index is 12.5. The number of carbonyl (C=O) groups is 1. The van der Waals surface area contributed by atoms with Gasteiger partial charge in [0.2, 0.25) is 5.91 Å². The summed E-state index contributed by atoms with van der Waals surface area (Å²) in [7, 11) is 0. The maximum absolute atomic E-state index is 12.5. The van der Waals surface area contributed by atoms with Crippen molar-refractivity contribution in [2.75, 3.05) is 0 Å². The number of nitrogens with one attached hydrogen (secondary N) is 1. The summed E-state index contributed by atoms with van der Waals surface area (Å²) >= 11 is 19.6. The third-order valence-electron chi connectivity index (χ3n) is 3.81. The van der Waals surface area contributed by atoms with Crippen LogP contribution in [0.15, 0.2) is 48.0 Å². The molecule has 0 bridgehead atoms. The lowest BCUT2D eigenvalue weighted by Crippen LogP contribution is -2.22. The molecule has 1 atom stereocenters. The molecular weight excluding hydrogens is 397 g/mol. The quantitative estimate of drug-likeness (QED) is 0.506. The second-order valence-electron chi connectivity index (χ2n) is 5.60. The van der Waals surface area contributed by atoms with Gasteiger partial charge in [0.25, 0.3) is 0 Å². The second-order valence-corrected chi connectivity index (χ2v) is 7.82. The summed E-state index contributed by atoms with van der Waals surface area (Å²) in [5.41, 5.74) is 1.79. The van der Waals surface area contributed by atoms with Gasteiger partial charge in [-0.3, -0.25) is 4.79 Å². The number of halogens is 3. The molecule has 0 spiro atoms. The molecule has 1 unspecified atom stereocenters. The number of amides is 1. The number of fused-ring (bicyclic) bond motifs is 1. The zero-order valence-corrected chi connectivity index (χ0v) is 16.3. The van der Waals surface area contributed by atoms with Crippen LogP contribution in [0.3, 0.4) is 0 Å². The third-order valence-corrected chi connectivity index (χ3v) is 5.46. The van der Waals surface area contributed by atoms with Gasteiger partial charge in [-0.05, 0) is 71.3 Å². The van der Waals surface area contributed by atoms with Gasteiger partial charge >= 0.3 is 0 Å². The summed E-state index contributed by atoms with van der Waals surface area (Å²) in [5.74, 6) is -0.385. The fraction of sp³-hybridized carbons (Fsp3) is 0.105. The Labute approximate surface area is 165 Å². The van der Waals surface area contributed by atoms with Crippen molar-refractivity contribution in [2.45, 2.75) is 12.8 Å². The van der Waals surface area contributed by atoms with E-state index in [1.807, 2.05) is 30.5 Å². The van der Waals surface area contributed by atoms with Crippen molar-refractivity contribution in [3.63, 3.8) is 0 Å². The van der Waals surface area contributed by atoms with Crippen LogP contribution in [0.25, 0.3) is 16.2 Å². The van der Waals surface area contributed by atoms with Crippen LogP contribution in [-0.4, -0.2) is 5.91 Å². The van der Waals surface area contributed by atoms with Gasteiger partial charge in [0.1, 0.15) is 0 Å². The average molecular weight is 411 g/mol. The number of rotatable bonds is 4. The molecule has 2 nitrogen and oxygen atoms in total. The standard InChI is InChI=1S/C19H14Cl3NOS/c1-11(17-10-25-18-3-2-13(20)9-16(17)18)19(24)23-5-4-12-6-14(21)8-15(22)7-12/h2-11H,1H3,(H,23,24)/b5-4+. The Morgan fingerprint density at radius 3 is 2.52 bits per heavy atom. The Morgan fingerprint density at radius 1 is 1.08 bits per heavy atom. The van der Waals surface area contributed by atoms with Crippen LogP contribution in [0, 0.1) is 0 Å². The largest absolute Gasteiger partial charge is 0.332 e. The SMILES string of the molecule is CC(C(=O)N/C=C/c1cc(Cl)cc(Cl)c1)c1csc2ccc(Cl)cc12. The molecule has 0 saturated carbocycles. The van der Waals surface area contributed by atoms with Gasteiger partial charge in [-0.2, -0.15) is 0 Å². The Morgan fingerprint density at radius 2 is 1.80 bits per heavy atom. The van der Waals surface area contributed by atoms with E-state index >= 15 is 0 Å². The van der Waals surface area contributed by atoms with Gasteiger partial charge in [-0.25, -0.2) is 0 Å². The van der Waals surface area contributed by atoms with E-state index in [4.69, 9.17) is 34.8 Å². The highest BCUT2D eigenvalue weighted by Gasteiger charge is 2.18. The molecule has 0 aliphatic rings. The first-order chi connectivity index (χ1) is 11.9. The molecule has 6 heteroatoms. The summed E-state index contributed by atoms with van der Waals surface area (Å²) in [6.45, 7) is 1.88. The molecule has 128 valence electrons. The van der Waals surface area contributed by atoms with E-state index in [1.165, 1.54) is 0 Å². The molecule has 3 aromatic rings. The van der Waals surface area contributed by atoms with Crippen molar-refractivity contribution < 1.29 is 4.79 Å². The summed E-state index contributed by atoms with van der Waals surface area (Å²) < 4.78 is 1.11. The fourth-order valence-corrected chi connectivity index (χ4v) is 4.26. The van der Waals surface area contributed by atoms with Crippen molar-refractivity contribution in [2.24, 2.45) is 0 Å². The number of carbonyl (C=O) groups excluding carboxylic acids is 1. The van der Waals surface area contributed by atoms with Crippen LogP contribution in [-0.2, 0) is 4.79 Å². The average Bonchev–Trinajstić information content (AvgIpc) is 2.96. The molecule has 1 amide bonds. The lowest BCUT2D eigenvalue weighted by Gasteiger charge is -2.09. The molecule has 0 aliphatic carbocycles. The highest BCUT2D eigenvalue weighted by atomic mass is 35.5. The number of thiophene rings is 1. The van der Waals surface area contributed by atoms with Crippen molar-refractivity contribution in [1.29, 1.82) is 0 Å². The van der Waals surface area contributed by atoms with E-state index in [0.717, 1.165) is 21.2 Å². The molecular formula is C19H14Cl3NOS. The lowest BCUT2D eigenvalue weighted by atomic mass is 10.00. The summed E-state index contributed by atoms with van der Waals surface area (Å²) in [6, 6.07) is 10.9. The van der Waals surface area contributed by atoms with E-state index < -0.39 is 0 Å². The first-order valence-corrected chi connectivity index (χ1v) is 9.55. The maximum Gasteiger partial charge on any atom is 0.231 e. The smallest absolute Gasteiger partial charge is 0.231 e. The number of hydrogen-bond donors (Lipinski definition) is 1. The van der Waals surface area contributed by atoms with Crippen molar-refractivity contribution in [3.05, 3.63) is 74.2 Å². The molecule has 25 heavy (non-hydrogen) atoms. The first kappa shape index (κ1) is 18.3. The van der Waals surface area contributed by atoms with Crippen LogP contribution in [0.5, 0.6) is 0 Å². The summed E-state index contributed by atoms with van der Waals surface area (Å²) in [5, 5.41) is 7.59. The second kappa shape index (κ2) is 7.79. The van der Waals surface area contributed by atoms with Crippen LogP contribution in [0.4, 0.5) is 0 Å². The molecule has 2 aromatic carbocycles. The molecule has 1 heterocycles. The zero-order valence-electron chi connectivity index (χ0n) is 13.2. The number of hydrogen-bond acceptors (Lipinski definition) is 2. The van der Waals surface area contributed by atoms with Crippen LogP contribution >= 0.6 is 46.1 Å². The number of benzene rings is 2. The monoisotopic (exact) mass is 409 g/mol. The summed E-state index contributed by atoms with van der Waals surface area (Å²) in [6.07, 6.45) is 3.35. The Hall–Kier alpha value is -1.52. The van der Waals surface area contributed by atoms with Crippen molar-refractivity contribution >= 4 is 68.2 Å². The molecule has 1 N–H and O–H groups in total. The molecule has 0 aliphatic heterocycles. The third kappa shape index (κ3) is 4.36.